The minimum absolute atomic E-state index is 0. The third-order valence-corrected chi connectivity index (χ3v) is 3.50. The van der Waals surface area contributed by atoms with Gasteiger partial charge in [-0.15, -0.1) is 20.4 Å². The maximum atomic E-state index is 12.3. The van der Waals surface area contributed by atoms with Crippen LogP contribution in [0.25, 0.3) is 22.8 Å². The number of nitrogens with zero attached hydrogens (tertiary/aromatic N) is 6. The Bertz CT molecular complexity index is 986. The molecule has 0 fully saturated rings. The molecule has 4 rings (SSSR count). The number of H-pyrrole nitrogens is 2. The summed E-state index contributed by atoms with van der Waals surface area (Å²) in [6, 6.07) is 14.1. The van der Waals surface area contributed by atoms with E-state index in [0.29, 0.717) is 22.9 Å². The third-order valence-electron chi connectivity index (χ3n) is 3.50. The molecule has 0 atom stereocenters. The Balaban J connectivity index is 0. The van der Waals surface area contributed by atoms with Gasteiger partial charge in [0, 0.05) is 22.4 Å². The van der Waals surface area contributed by atoms with Gasteiger partial charge in [-0.2, -0.15) is 10.4 Å². The topological polar surface area (TPSA) is 170 Å². The van der Waals surface area contributed by atoms with Gasteiger partial charge in [-0.1, -0.05) is 12.1 Å². The number of tetrazole rings is 2. The smallest absolute Gasteiger partial charge is 1.00 e. The van der Waals surface area contributed by atoms with Crippen molar-refractivity contribution < 1.29 is 72.2 Å². The molecule has 2 aromatic heterocycles. The van der Waals surface area contributed by atoms with Crippen molar-refractivity contribution in [3.8, 4) is 22.8 Å². The van der Waals surface area contributed by atoms with E-state index in [0.717, 1.165) is 11.1 Å². The van der Waals surface area contributed by atoms with Gasteiger partial charge in [-0.05, 0) is 46.8 Å². The van der Waals surface area contributed by atoms with E-state index in [1.807, 2.05) is 0 Å². The second-order valence-corrected chi connectivity index (χ2v) is 5.08. The molecule has 13 heteroatoms. The van der Waals surface area contributed by atoms with Crippen molar-refractivity contribution in [1.82, 2.24) is 41.2 Å². The molecule has 0 saturated heterocycles. The summed E-state index contributed by atoms with van der Waals surface area (Å²) in [6.45, 7) is 0. The first-order valence-corrected chi connectivity index (χ1v) is 7.29. The SMILES string of the molecule is O.O=C(Nc1ccc(-c2nn[nH]n2)cc1)c1ccc(-c2nn[nH]n2)cc1.[H-].[H-].[Na+].[Na+]. The molecular weight excluding hydrogens is 384 g/mol. The van der Waals surface area contributed by atoms with E-state index in [1.54, 1.807) is 48.5 Å². The van der Waals surface area contributed by atoms with Crippen LogP contribution in [0, 0.1) is 0 Å². The molecule has 0 unspecified atom stereocenters. The number of aromatic nitrogens is 8. The Hall–Kier alpha value is -1.99. The number of amides is 1. The molecule has 0 aliphatic carbocycles. The first-order valence-electron chi connectivity index (χ1n) is 7.29. The van der Waals surface area contributed by atoms with Crippen LogP contribution in [0.15, 0.2) is 48.5 Å². The fourth-order valence-corrected chi connectivity index (χ4v) is 2.24. The van der Waals surface area contributed by atoms with Crippen LogP contribution in [0.2, 0.25) is 0 Å². The van der Waals surface area contributed by atoms with Crippen LogP contribution in [0.3, 0.4) is 0 Å². The molecule has 2 aromatic carbocycles. The second-order valence-electron chi connectivity index (χ2n) is 5.08. The molecule has 0 aliphatic rings. The largest absolute Gasteiger partial charge is 1.00 e. The minimum atomic E-state index is -0.216. The molecule has 0 spiro atoms. The first-order chi connectivity index (χ1) is 12.3. The Morgan fingerprint density at radius 1 is 0.786 bits per heavy atom. The van der Waals surface area contributed by atoms with Crippen molar-refractivity contribution in [1.29, 1.82) is 0 Å². The molecule has 0 aliphatic heterocycles. The Morgan fingerprint density at radius 2 is 1.25 bits per heavy atom. The van der Waals surface area contributed by atoms with Gasteiger partial charge in [0.2, 0.25) is 11.6 Å². The normalized spacial score (nSPS) is 9.43. The van der Waals surface area contributed by atoms with Gasteiger partial charge in [-0.25, -0.2) is 0 Å². The van der Waals surface area contributed by atoms with Gasteiger partial charge < -0.3 is 13.6 Å². The number of hydrogen-bond acceptors (Lipinski definition) is 7. The minimum Gasteiger partial charge on any atom is -1.00 e. The molecular formula is C15H15N9Na2O2. The summed E-state index contributed by atoms with van der Waals surface area (Å²) in [5, 5.41) is 30.2. The van der Waals surface area contributed by atoms with Gasteiger partial charge in [0.05, 0.1) is 0 Å². The van der Waals surface area contributed by atoms with E-state index in [4.69, 9.17) is 0 Å². The summed E-state index contributed by atoms with van der Waals surface area (Å²) in [7, 11) is 0. The van der Waals surface area contributed by atoms with Gasteiger partial charge in [-0.3, -0.25) is 4.79 Å². The Kier molecular flexibility index (Phi) is 9.55. The number of benzene rings is 2. The van der Waals surface area contributed by atoms with Crippen LogP contribution in [0.4, 0.5) is 5.69 Å². The average Bonchev–Trinajstić information content (AvgIpc) is 3.36. The number of carbonyl (C=O) groups is 1. The van der Waals surface area contributed by atoms with Gasteiger partial charge in [0.1, 0.15) is 0 Å². The standard InChI is InChI=1S/C15H11N9O.2Na.H2O.2H/c25-15(11-3-1-9(2-4-11)13-17-21-22-18-13)16-12-7-5-10(6-8-12)14-19-23-24-20-14;;;;;/h1-8H,(H,16,25)(H,17,18,21,22)(H,19,20,23,24);;;1H2;;/q;2*+1;;2*-1. The molecule has 11 nitrogen and oxygen atoms in total. The van der Waals surface area contributed by atoms with Crippen LogP contribution in [0.5, 0.6) is 0 Å². The van der Waals surface area contributed by atoms with Gasteiger partial charge in [0.25, 0.3) is 5.91 Å². The molecule has 134 valence electrons. The van der Waals surface area contributed by atoms with E-state index in [2.05, 4.69) is 46.6 Å². The van der Waals surface area contributed by atoms with E-state index in [9.17, 15) is 4.79 Å². The van der Waals surface area contributed by atoms with E-state index < -0.39 is 0 Å². The first kappa shape index (κ1) is 24.0. The summed E-state index contributed by atoms with van der Waals surface area (Å²) in [5.41, 5.74) is 2.76. The van der Waals surface area contributed by atoms with Crippen LogP contribution in [0.1, 0.15) is 13.2 Å². The summed E-state index contributed by atoms with van der Waals surface area (Å²) in [5.74, 6) is 0.755. The van der Waals surface area contributed by atoms with Crippen LogP contribution in [-0.2, 0) is 0 Å². The molecule has 0 saturated carbocycles. The molecule has 1 amide bonds. The quantitative estimate of drug-likeness (QED) is 0.288. The van der Waals surface area contributed by atoms with Crippen molar-refractivity contribution in [3.63, 3.8) is 0 Å². The zero-order chi connectivity index (χ0) is 17.1. The van der Waals surface area contributed by atoms with Crippen molar-refractivity contribution in [2.75, 3.05) is 5.32 Å². The number of aromatic amines is 2. The molecule has 28 heavy (non-hydrogen) atoms. The summed E-state index contributed by atoms with van der Waals surface area (Å²) >= 11 is 0. The molecule has 2 heterocycles. The maximum absolute atomic E-state index is 12.3. The number of nitrogens with one attached hydrogen (secondary N) is 3. The van der Waals surface area contributed by atoms with Crippen LogP contribution >= 0.6 is 0 Å². The monoisotopic (exact) mass is 399 g/mol. The van der Waals surface area contributed by atoms with Crippen LogP contribution < -0.4 is 64.4 Å². The maximum Gasteiger partial charge on any atom is 1.00 e. The molecule has 0 bridgehead atoms. The molecule has 0 radical (unpaired) electrons. The van der Waals surface area contributed by atoms with Crippen molar-refractivity contribution in [3.05, 3.63) is 54.1 Å². The van der Waals surface area contributed by atoms with E-state index in [-0.39, 0.29) is 73.4 Å². The third kappa shape index (κ3) is 5.52. The Labute approximate surface area is 206 Å². The van der Waals surface area contributed by atoms with E-state index in [1.165, 1.54) is 0 Å². The fraction of sp³-hybridized carbons (Fsp3) is 0. The molecule has 4 aromatic rings. The number of carbonyl (C=O) groups excluding carboxylic acids is 1. The van der Waals surface area contributed by atoms with Crippen molar-refractivity contribution in [2.24, 2.45) is 0 Å². The zero-order valence-corrected chi connectivity index (χ0v) is 19.2. The summed E-state index contributed by atoms with van der Waals surface area (Å²) < 4.78 is 0. The Morgan fingerprint density at radius 3 is 1.68 bits per heavy atom. The van der Waals surface area contributed by atoms with E-state index >= 15 is 0 Å². The van der Waals surface area contributed by atoms with Crippen molar-refractivity contribution in [2.45, 2.75) is 0 Å². The fourth-order valence-electron chi connectivity index (χ4n) is 2.24. The zero-order valence-electron chi connectivity index (χ0n) is 17.2. The van der Waals surface area contributed by atoms with Gasteiger partial charge >= 0.3 is 59.1 Å². The number of hydrogen-bond donors (Lipinski definition) is 3. The number of anilines is 1. The second kappa shape index (κ2) is 11.1. The number of rotatable bonds is 4. The van der Waals surface area contributed by atoms with Crippen LogP contribution in [-0.4, -0.2) is 52.6 Å². The summed E-state index contributed by atoms with van der Waals surface area (Å²) in [6.07, 6.45) is 0. The summed E-state index contributed by atoms with van der Waals surface area (Å²) in [4.78, 5) is 12.3. The molecule has 5 N–H and O–H groups in total. The van der Waals surface area contributed by atoms with Gasteiger partial charge in [0.15, 0.2) is 0 Å². The van der Waals surface area contributed by atoms with Crippen molar-refractivity contribution >= 4 is 11.6 Å². The average molecular weight is 399 g/mol. The predicted octanol–water partition coefficient (Wildman–Crippen LogP) is -5.29. The predicted molar refractivity (Wildman–Crippen MR) is 93.0 cm³/mol.